The van der Waals surface area contributed by atoms with E-state index in [0.717, 1.165) is 0 Å². The van der Waals surface area contributed by atoms with Crippen molar-refractivity contribution in [2.75, 3.05) is 13.2 Å². The maximum atomic E-state index is 12.4. The fourth-order valence-electron chi connectivity index (χ4n) is 1.25. The number of ether oxygens (including phenoxy) is 1. The Morgan fingerprint density at radius 2 is 2.14 bits per heavy atom. The Hall–Kier alpha value is -0.840. The molecule has 0 amide bonds. The number of alkyl halides is 2. The first-order chi connectivity index (χ1) is 6.41. The number of carbonyl (C=O) groups is 2. The van der Waals surface area contributed by atoms with E-state index in [9.17, 15) is 18.4 Å². The lowest BCUT2D eigenvalue weighted by Crippen LogP contribution is -2.29. The Labute approximate surface area is 80.4 Å². The molecule has 0 bridgehead atoms. The van der Waals surface area contributed by atoms with Gasteiger partial charge >= 0.3 is 5.92 Å². The van der Waals surface area contributed by atoms with E-state index in [2.05, 4.69) is 0 Å². The van der Waals surface area contributed by atoms with Crippen molar-refractivity contribution in [2.24, 2.45) is 5.92 Å². The van der Waals surface area contributed by atoms with Crippen LogP contribution in [0, 0.1) is 5.92 Å². The third-order valence-corrected chi connectivity index (χ3v) is 2.21. The molecule has 0 aromatic rings. The van der Waals surface area contributed by atoms with Crippen molar-refractivity contribution in [3.8, 4) is 0 Å². The summed E-state index contributed by atoms with van der Waals surface area (Å²) >= 11 is 0. The van der Waals surface area contributed by atoms with Crippen LogP contribution < -0.4 is 0 Å². The topological polar surface area (TPSA) is 43.4 Å². The van der Waals surface area contributed by atoms with Crippen LogP contribution >= 0.6 is 0 Å². The van der Waals surface area contributed by atoms with E-state index in [4.69, 9.17) is 4.74 Å². The van der Waals surface area contributed by atoms with Crippen LogP contribution in [0.2, 0.25) is 0 Å². The molecule has 1 saturated heterocycles. The second-order valence-electron chi connectivity index (χ2n) is 3.52. The maximum Gasteiger partial charge on any atom is 0.302 e. The second kappa shape index (κ2) is 4.13. The van der Waals surface area contributed by atoms with Crippen LogP contribution in [0.5, 0.6) is 0 Å². The molecule has 1 atom stereocenters. The molecular formula is C9H12F2O3. The molecule has 0 aromatic carbocycles. The third-order valence-electron chi connectivity index (χ3n) is 2.21. The minimum atomic E-state index is -3.41. The lowest BCUT2D eigenvalue weighted by Gasteiger charge is -2.10. The summed E-state index contributed by atoms with van der Waals surface area (Å²) in [4.78, 5) is 22.1. The molecule has 5 heteroatoms. The van der Waals surface area contributed by atoms with Crippen LogP contribution in [-0.4, -0.2) is 30.7 Å². The molecule has 0 aromatic heterocycles. The molecule has 0 spiro atoms. The van der Waals surface area contributed by atoms with Crippen molar-refractivity contribution in [1.82, 2.24) is 0 Å². The first-order valence-electron chi connectivity index (χ1n) is 4.43. The average Bonchev–Trinajstić information content (AvgIpc) is 2.53. The molecule has 0 N–H and O–H groups in total. The van der Waals surface area contributed by atoms with Crippen molar-refractivity contribution in [3.63, 3.8) is 0 Å². The van der Waals surface area contributed by atoms with Crippen molar-refractivity contribution in [3.05, 3.63) is 0 Å². The summed E-state index contributed by atoms with van der Waals surface area (Å²) in [5.41, 5.74) is 0. The number of hydrogen-bond donors (Lipinski definition) is 0. The van der Waals surface area contributed by atoms with Gasteiger partial charge in [0.1, 0.15) is 5.78 Å². The summed E-state index contributed by atoms with van der Waals surface area (Å²) < 4.78 is 29.8. The number of Topliss-reactive ketones (excluding diaryl/α,β-unsaturated/α-hetero) is 2. The van der Waals surface area contributed by atoms with E-state index in [0.29, 0.717) is 20.0 Å². The van der Waals surface area contributed by atoms with Crippen molar-refractivity contribution in [1.29, 1.82) is 0 Å². The van der Waals surface area contributed by atoms with Crippen LogP contribution in [0.3, 0.4) is 0 Å². The van der Waals surface area contributed by atoms with Gasteiger partial charge in [-0.1, -0.05) is 0 Å². The molecule has 0 saturated carbocycles. The normalized spacial score (nSPS) is 22.4. The number of ketones is 2. The quantitative estimate of drug-likeness (QED) is 0.649. The van der Waals surface area contributed by atoms with E-state index in [1.165, 1.54) is 0 Å². The van der Waals surface area contributed by atoms with Gasteiger partial charge in [-0.3, -0.25) is 9.59 Å². The van der Waals surface area contributed by atoms with Crippen LogP contribution in [-0.2, 0) is 14.3 Å². The largest absolute Gasteiger partial charge is 0.381 e. The zero-order valence-electron chi connectivity index (χ0n) is 7.89. The Kier molecular flexibility index (Phi) is 3.31. The van der Waals surface area contributed by atoms with E-state index in [-0.39, 0.29) is 12.5 Å². The number of carbonyl (C=O) groups excluding carboxylic acids is 2. The van der Waals surface area contributed by atoms with Crippen LogP contribution in [0.1, 0.15) is 19.8 Å². The molecule has 1 fully saturated rings. The highest BCUT2D eigenvalue weighted by atomic mass is 19.3. The number of hydrogen-bond acceptors (Lipinski definition) is 3. The molecular weight excluding hydrogens is 194 g/mol. The van der Waals surface area contributed by atoms with Gasteiger partial charge in [0, 0.05) is 19.4 Å². The minimum absolute atomic E-state index is 0.251. The molecule has 1 aliphatic rings. The van der Waals surface area contributed by atoms with E-state index < -0.39 is 23.9 Å². The molecule has 3 nitrogen and oxygen atoms in total. The molecule has 1 unspecified atom stereocenters. The molecule has 1 aliphatic heterocycles. The highest BCUT2D eigenvalue weighted by Crippen LogP contribution is 2.20. The molecule has 0 radical (unpaired) electrons. The SMILES string of the molecule is CC(F)(F)C(=O)CC(=O)C1CCOC1. The number of halogens is 2. The lowest BCUT2D eigenvalue weighted by molar-refractivity contribution is -0.144. The van der Waals surface area contributed by atoms with Gasteiger partial charge in [0.25, 0.3) is 0 Å². The fraction of sp³-hybridized carbons (Fsp3) is 0.778. The van der Waals surface area contributed by atoms with Gasteiger partial charge in [0.15, 0.2) is 0 Å². The zero-order valence-corrected chi connectivity index (χ0v) is 7.89. The predicted octanol–water partition coefficient (Wildman–Crippen LogP) is 1.21. The summed E-state index contributed by atoms with van der Waals surface area (Å²) in [5, 5.41) is 0. The van der Waals surface area contributed by atoms with E-state index >= 15 is 0 Å². The predicted molar refractivity (Wildman–Crippen MR) is 44.2 cm³/mol. The van der Waals surface area contributed by atoms with Crippen LogP contribution in [0.25, 0.3) is 0 Å². The first kappa shape index (κ1) is 11.2. The van der Waals surface area contributed by atoms with Crippen molar-refractivity contribution < 1.29 is 23.1 Å². The van der Waals surface area contributed by atoms with Gasteiger partial charge in [-0.05, 0) is 6.42 Å². The summed E-state index contributed by atoms with van der Waals surface area (Å²) in [6, 6.07) is 0. The van der Waals surface area contributed by atoms with Gasteiger partial charge in [-0.25, -0.2) is 0 Å². The molecule has 0 aliphatic carbocycles. The monoisotopic (exact) mass is 206 g/mol. The Bertz CT molecular complexity index is 239. The third kappa shape index (κ3) is 2.83. The molecule has 1 heterocycles. The average molecular weight is 206 g/mol. The zero-order chi connectivity index (χ0) is 10.8. The Morgan fingerprint density at radius 3 is 2.57 bits per heavy atom. The van der Waals surface area contributed by atoms with Crippen molar-refractivity contribution >= 4 is 11.6 Å². The van der Waals surface area contributed by atoms with Gasteiger partial charge in [-0.15, -0.1) is 0 Å². The van der Waals surface area contributed by atoms with Gasteiger partial charge in [0.2, 0.25) is 5.78 Å². The fourth-order valence-corrected chi connectivity index (χ4v) is 1.25. The Balaban J connectivity index is 2.44. The first-order valence-corrected chi connectivity index (χ1v) is 4.43. The second-order valence-corrected chi connectivity index (χ2v) is 3.52. The highest BCUT2D eigenvalue weighted by molar-refractivity contribution is 6.03. The minimum Gasteiger partial charge on any atom is -0.381 e. The van der Waals surface area contributed by atoms with E-state index in [1.807, 2.05) is 0 Å². The van der Waals surface area contributed by atoms with Gasteiger partial charge < -0.3 is 4.74 Å². The molecule has 1 rings (SSSR count). The maximum absolute atomic E-state index is 12.4. The smallest absolute Gasteiger partial charge is 0.302 e. The lowest BCUT2D eigenvalue weighted by atomic mass is 9.98. The standard InChI is InChI=1S/C9H12F2O3/c1-9(10,11)8(13)4-7(12)6-2-3-14-5-6/h6H,2-5H2,1H3. The van der Waals surface area contributed by atoms with Crippen molar-refractivity contribution in [2.45, 2.75) is 25.7 Å². The van der Waals surface area contributed by atoms with Crippen LogP contribution in [0.4, 0.5) is 8.78 Å². The van der Waals surface area contributed by atoms with Crippen LogP contribution in [0.15, 0.2) is 0 Å². The highest BCUT2D eigenvalue weighted by Gasteiger charge is 2.35. The van der Waals surface area contributed by atoms with E-state index in [1.54, 1.807) is 0 Å². The summed E-state index contributed by atoms with van der Waals surface area (Å²) in [7, 11) is 0. The molecule has 80 valence electrons. The summed E-state index contributed by atoms with van der Waals surface area (Å²) in [5.74, 6) is -5.53. The summed E-state index contributed by atoms with van der Waals surface area (Å²) in [6.45, 7) is 1.22. The summed E-state index contributed by atoms with van der Waals surface area (Å²) in [6.07, 6.45) is -0.154. The molecule has 14 heavy (non-hydrogen) atoms. The van der Waals surface area contributed by atoms with Gasteiger partial charge in [-0.2, -0.15) is 8.78 Å². The number of rotatable bonds is 4. The van der Waals surface area contributed by atoms with Gasteiger partial charge in [0.05, 0.1) is 13.0 Å². The Morgan fingerprint density at radius 1 is 1.50 bits per heavy atom.